The van der Waals surface area contributed by atoms with Crippen molar-refractivity contribution in [3.63, 3.8) is 0 Å². The summed E-state index contributed by atoms with van der Waals surface area (Å²) in [6.45, 7) is 5.72. The molecule has 94 valence electrons. The number of hydrogen-bond acceptors (Lipinski definition) is 3. The Hall–Kier alpha value is -1.51. The maximum Gasteiger partial charge on any atom is 0.136 e. The summed E-state index contributed by atoms with van der Waals surface area (Å²) in [5.74, 6) is 0.387. The molecule has 1 aromatic rings. The van der Waals surface area contributed by atoms with Crippen LogP contribution in [0.1, 0.15) is 26.7 Å². The number of rotatable bonds is 2. The van der Waals surface area contributed by atoms with Crippen LogP contribution in [0, 0.1) is 0 Å². The quantitative estimate of drug-likeness (QED) is 0.854. The van der Waals surface area contributed by atoms with Gasteiger partial charge in [-0.1, -0.05) is 13.8 Å². The van der Waals surface area contributed by atoms with E-state index in [1.807, 2.05) is 20.9 Å². The summed E-state index contributed by atoms with van der Waals surface area (Å²) in [6.07, 6.45) is 1.38. The minimum Gasteiger partial charge on any atom is -0.388 e. The van der Waals surface area contributed by atoms with E-state index in [9.17, 15) is 4.79 Å². The summed E-state index contributed by atoms with van der Waals surface area (Å²) >= 11 is 0. The molecule has 1 aromatic carbocycles. The molecule has 0 unspecified atom stereocenters. The zero-order valence-electron chi connectivity index (χ0n) is 11.0. The topological polar surface area (TPSA) is 32.3 Å². The molecule has 0 amide bonds. The van der Waals surface area contributed by atoms with Crippen molar-refractivity contribution in [2.45, 2.75) is 26.7 Å². The van der Waals surface area contributed by atoms with Crippen LogP contribution in [0.4, 0.5) is 11.4 Å². The van der Waals surface area contributed by atoms with Crippen molar-refractivity contribution in [1.29, 1.82) is 0 Å². The maximum absolute atomic E-state index is 11.1. The second kappa shape index (κ2) is 6.94. The van der Waals surface area contributed by atoms with Gasteiger partial charge in [-0.25, -0.2) is 0 Å². The van der Waals surface area contributed by atoms with Crippen molar-refractivity contribution >= 4 is 17.2 Å². The molecule has 0 saturated carbocycles. The van der Waals surface area contributed by atoms with Gasteiger partial charge in [0.15, 0.2) is 0 Å². The predicted octanol–water partition coefficient (Wildman–Crippen LogP) is 2.92. The first-order valence-electron chi connectivity index (χ1n) is 6.34. The zero-order valence-corrected chi connectivity index (χ0v) is 11.0. The molecule has 0 atom stereocenters. The maximum atomic E-state index is 11.1. The average Bonchev–Trinajstić information content (AvgIpc) is 2.42. The van der Waals surface area contributed by atoms with Gasteiger partial charge in [0.05, 0.1) is 0 Å². The highest BCUT2D eigenvalue weighted by Gasteiger charge is 2.15. The number of hydrogen-bond donors (Lipinski definition) is 1. The summed E-state index contributed by atoms with van der Waals surface area (Å²) in [7, 11) is 1.91. The van der Waals surface area contributed by atoms with Gasteiger partial charge in [-0.15, -0.1) is 0 Å². The van der Waals surface area contributed by atoms with Crippen LogP contribution < -0.4 is 10.2 Å². The van der Waals surface area contributed by atoms with Crippen LogP contribution in [0.2, 0.25) is 0 Å². The van der Waals surface area contributed by atoms with Gasteiger partial charge in [0.2, 0.25) is 0 Å². The average molecular weight is 234 g/mol. The normalized spacial score (nSPS) is 15.0. The van der Waals surface area contributed by atoms with E-state index < -0.39 is 0 Å². The number of nitrogens with zero attached hydrogens (tertiary/aromatic N) is 1. The van der Waals surface area contributed by atoms with Crippen molar-refractivity contribution in [3.8, 4) is 0 Å². The number of carbonyl (C=O) groups is 1. The highest BCUT2D eigenvalue weighted by Crippen LogP contribution is 2.20. The lowest BCUT2D eigenvalue weighted by Crippen LogP contribution is -2.33. The second-order valence-electron chi connectivity index (χ2n) is 3.82. The van der Waals surface area contributed by atoms with Crippen LogP contribution in [-0.2, 0) is 4.79 Å². The van der Waals surface area contributed by atoms with Gasteiger partial charge in [0.1, 0.15) is 5.78 Å². The number of ketones is 1. The minimum absolute atomic E-state index is 0.387. The molecule has 17 heavy (non-hydrogen) atoms. The van der Waals surface area contributed by atoms with Crippen LogP contribution in [0.5, 0.6) is 0 Å². The molecular formula is C14H22N2O. The molecule has 2 rings (SSSR count). The van der Waals surface area contributed by atoms with Gasteiger partial charge in [-0.2, -0.15) is 0 Å². The Morgan fingerprint density at radius 1 is 1.06 bits per heavy atom. The summed E-state index contributed by atoms with van der Waals surface area (Å²) in [5.41, 5.74) is 2.33. The van der Waals surface area contributed by atoms with Gasteiger partial charge in [-0.05, 0) is 24.3 Å². The van der Waals surface area contributed by atoms with Crippen molar-refractivity contribution in [3.05, 3.63) is 24.3 Å². The molecule has 0 radical (unpaired) electrons. The van der Waals surface area contributed by atoms with Crippen molar-refractivity contribution < 1.29 is 4.79 Å². The SMILES string of the molecule is CC.CNc1ccc(N2CCC(=O)CC2)cc1. The Morgan fingerprint density at radius 2 is 1.59 bits per heavy atom. The summed E-state index contributed by atoms with van der Waals surface area (Å²) in [5, 5.41) is 3.09. The van der Waals surface area contributed by atoms with Gasteiger partial charge >= 0.3 is 0 Å². The Labute approximate surface area is 104 Å². The summed E-state index contributed by atoms with van der Waals surface area (Å²) in [4.78, 5) is 13.4. The molecule has 3 heteroatoms. The molecular weight excluding hydrogens is 212 g/mol. The van der Waals surface area contributed by atoms with Crippen molar-refractivity contribution in [1.82, 2.24) is 0 Å². The Bertz CT molecular complexity index is 336. The lowest BCUT2D eigenvalue weighted by atomic mass is 10.1. The summed E-state index contributed by atoms with van der Waals surface area (Å²) < 4.78 is 0. The first kappa shape index (κ1) is 13.6. The largest absolute Gasteiger partial charge is 0.388 e. The molecule has 1 N–H and O–H groups in total. The van der Waals surface area contributed by atoms with E-state index in [4.69, 9.17) is 0 Å². The molecule has 0 bridgehead atoms. The fourth-order valence-corrected chi connectivity index (χ4v) is 1.85. The fraction of sp³-hybridized carbons (Fsp3) is 0.500. The predicted molar refractivity (Wildman–Crippen MR) is 73.8 cm³/mol. The Kier molecular flexibility index (Phi) is 5.53. The van der Waals surface area contributed by atoms with E-state index in [0.717, 1.165) is 18.8 Å². The highest BCUT2D eigenvalue weighted by molar-refractivity contribution is 5.81. The number of carbonyl (C=O) groups excluding carboxylic acids is 1. The van der Waals surface area contributed by atoms with Crippen LogP contribution in [0.15, 0.2) is 24.3 Å². The smallest absolute Gasteiger partial charge is 0.136 e. The van der Waals surface area contributed by atoms with Crippen molar-refractivity contribution in [2.75, 3.05) is 30.4 Å². The van der Waals surface area contributed by atoms with Crippen LogP contribution in [0.3, 0.4) is 0 Å². The van der Waals surface area contributed by atoms with E-state index in [2.05, 4.69) is 34.5 Å². The van der Waals surface area contributed by atoms with Crippen LogP contribution >= 0.6 is 0 Å². The molecule has 0 spiro atoms. The number of benzene rings is 1. The fourth-order valence-electron chi connectivity index (χ4n) is 1.85. The molecule has 1 fully saturated rings. The standard InChI is InChI=1S/C12H16N2O.C2H6/c1-13-10-2-4-11(5-3-10)14-8-6-12(15)7-9-14;1-2/h2-5,13H,6-9H2,1H3;1-2H3. The first-order valence-corrected chi connectivity index (χ1v) is 6.34. The van der Waals surface area contributed by atoms with E-state index in [-0.39, 0.29) is 0 Å². The lowest BCUT2D eigenvalue weighted by Gasteiger charge is -2.28. The molecule has 3 nitrogen and oxygen atoms in total. The molecule has 0 aromatic heterocycles. The molecule has 1 saturated heterocycles. The van der Waals surface area contributed by atoms with E-state index in [1.54, 1.807) is 0 Å². The third-order valence-electron chi connectivity index (χ3n) is 2.84. The Balaban J connectivity index is 0.000000686. The molecule has 1 aliphatic heterocycles. The third kappa shape index (κ3) is 3.77. The Morgan fingerprint density at radius 3 is 2.06 bits per heavy atom. The van der Waals surface area contributed by atoms with Gasteiger partial charge in [-0.3, -0.25) is 4.79 Å². The van der Waals surface area contributed by atoms with E-state index in [0.29, 0.717) is 18.6 Å². The number of nitrogens with one attached hydrogen (secondary N) is 1. The molecule has 1 aliphatic rings. The van der Waals surface area contributed by atoms with Gasteiger partial charge < -0.3 is 10.2 Å². The molecule has 0 aliphatic carbocycles. The van der Waals surface area contributed by atoms with Crippen molar-refractivity contribution in [2.24, 2.45) is 0 Å². The number of Topliss-reactive ketones (excluding diaryl/α,β-unsaturated/α-hetero) is 1. The van der Waals surface area contributed by atoms with Gasteiger partial charge in [0.25, 0.3) is 0 Å². The highest BCUT2D eigenvalue weighted by atomic mass is 16.1. The monoisotopic (exact) mass is 234 g/mol. The number of piperidine rings is 1. The van der Waals surface area contributed by atoms with E-state index >= 15 is 0 Å². The van der Waals surface area contributed by atoms with E-state index in [1.165, 1.54) is 5.69 Å². The lowest BCUT2D eigenvalue weighted by molar-refractivity contribution is -0.119. The zero-order chi connectivity index (χ0) is 12.7. The third-order valence-corrected chi connectivity index (χ3v) is 2.84. The minimum atomic E-state index is 0.387. The van der Waals surface area contributed by atoms with Gasteiger partial charge in [0, 0.05) is 44.4 Å². The molecule has 1 heterocycles. The van der Waals surface area contributed by atoms with Crippen LogP contribution in [0.25, 0.3) is 0 Å². The van der Waals surface area contributed by atoms with Crippen LogP contribution in [-0.4, -0.2) is 25.9 Å². The number of anilines is 2. The second-order valence-corrected chi connectivity index (χ2v) is 3.82. The first-order chi connectivity index (χ1) is 8.29. The summed E-state index contributed by atoms with van der Waals surface area (Å²) in [6, 6.07) is 8.32.